The lowest BCUT2D eigenvalue weighted by atomic mass is 10.0. The summed E-state index contributed by atoms with van der Waals surface area (Å²) in [6, 6.07) is 17.6. The van der Waals surface area contributed by atoms with Crippen LogP contribution >= 0.6 is 0 Å². The van der Waals surface area contributed by atoms with E-state index < -0.39 is 5.97 Å². The molecule has 1 aliphatic rings. The van der Waals surface area contributed by atoms with Crippen LogP contribution in [0.2, 0.25) is 0 Å². The minimum Gasteiger partial charge on any atom is -0.487 e. The lowest BCUT2D eigenvalue weighted by molar-refractivity contribution is 0.0692. The zero-order chi connectivity index (χ0) is 18.6. The number of carbonyl (C=O) groups is 1. The van der Waals surface area contributed by atoms with Crippen molar-refractivity contribution in [1.29, 1.82) is 0 Å². The fraction of sp³-hybridized carbons (Fsp3) is 0.190. The van der Waals surface area contributed by atoms with Gasteiger partial charge in [0.25, 0.3) is 0 Å². The number of para-hydroxylation sites is 1. The van der Waals surface area contributed by atoms with E-state index in [4.69, 9.17) is 4.74 Å². The van der Waals surface area contributed by atoms with Crippen molar-refractivity contribution in [1.82, 2.24) is 9.97 Å². The molecule has 3 aromatic rings. The van der Waals surface area contributed by atoms with E-state index in [1.807, 2.05) is 42.5 Å². The second kappa shape index (κ2) is 7.45. The molecule has 1 N–H and O–H groups in total. The molecule has 0 atom stereocenters. The number of anilines is 1. The summed E-state index contributed by atoms with van der Waals surface area (Å²) in [4.78, 5) is 22.4. The molecule has 0 bridgehead atoms. The summed E-state index contributed by atoms with van der Waals surface area (Å²) in [6.45, 7) is 1.58. The van der Waals surface area contributed by atoms with Crippen LogP contribution in [0.5, 0.6) is 5.75 Å². The van der Waals surface area contributed by atoms with Gasteiger partial charge in [-0.05, 0) is 29.7 Å². The Balaban J connectivity index is 1.58. The molecule has 4 rings (SSSR count). The minimum atomic E-state index is -1.06. The van der Waals surface area contributed by atoms with Crippen molar-refractivity contribution < 1.29 is 14.6 Å². The van der Waals surface area contributed by atoms with Crippen molar-refractivity contribution in [2.45, 2.75) is 19.6 Å². The van der Waals surface area contributed by atoms with Crippen molar-refractivity contribution in [2.24, 2.45) is 0 Å². The van der Waals surface area contributed by atoms with Gasteiger partial charge in [-0.2, -0.15) is 0 Å². The molecule has 0 spiro atoms. The van der Waals surface area contributed by atoms with Gasteiger partial charge >= 0.3 is 5.97 Å². The Kier molecular flexibility index (Phi) is 4.70. The molecule has 0 aliphatic carbocycles. The molecule has 0 radical (unpaired) electrons. The van der Waals surface area contributed by atoms with E-state index in [9.17, 15) is 9.90 Å². The molecular formula is C21H19N3O3. The molecule has 0 amide bonds. The van der Waals surface area contributed by atoms with Gasteiger partial charge in [0.2, 0.25) is 5.95 Å². The Morgan fingerprint density at radius 2 is 1.81 bits per heavy atom. The normalized spacial score (nSPS) is 13.1. The summed E-state index contributed by atoms with van der Waals surface area (Å²) in [7, 11) is 0. The third kappa shape index (κ3) is 3.74. The van der Waals surface area contributed by atoms with E-state index in [0.717, 1.165) is 13.0 Å². The van der Waals surface area contributed by atoms with Crippen LogP contribution in [0.15, 0.2) is 60.8 Å². The van der Waals surface area contributed by atoms with Gasteiger partial charge in [-0.1, -0.05) is 42.5 Å². The van der Waals surface area contributed by atoms with Gasteiger partial charge in [0.15, 0.2) is 0 Å². The molecule has 0 saturated carbocycles. The number of rotatable bonds is 5. The number of aromatic carboxylic acids is 1. The summed E-state index contributed by atoms with van der Waals surface area (Å²) >= 11 is 0. The first-order valence-corrected chi connectivity index (χ1v) is 8.79. The van der Waals surface area contributed by atoms with Crippen molar-refractivity contribution >= 4 is 11.9 Å². The van der Waals surface area contributed by atoms with E-state index in [0.29, 0.717) is 23.9 Å². The number of carboxylic acids is 1. The molecule has 1 aliphatic heterocycles. The van der Waals surface area contributed by atoms with Crippen LogP contribution in [0.3, 0.4) is 0 Å². The van der Waals surface area contributed by atoms with Crippen LogP contribution in [-0.2, 0) is 19.6 Å². The number of aromatic nitrogens is 2. The van der Waals surface area contributed by atoms with E-state index in [1.54, 1.807) is 0 Å². The third-order valence-electron chi connectivity index (χ3n) is 4.62. The predicted molar refractivity (Wildman–Crippen MR) is 101 cm³/mol. The fourth-order valence-electron chi connectivity index (χ4n) is 3.18. The zero-order valence-corrected chi connectivity index (χ0v) is 14.7. The molecule has 0 unspecified atom stereocenters. The number of hydrogen-bond acceptors (Lipinski definition) is 5. The smallest absolute Gasteiger partial charge is 0.339 e. The van der Waals surface area contributed by atoms with Gasteiger partial charge in [0.05, 0.1) is 5.69 Å². The highest BCUT2D eigenvalue weighted by Gasteiger charge is 2.21. The largest absolute Gasteiger partial charge is 0.487 e. The number of carboxylic acid groups (broad SMARTS) is 1. The molecule has 2 heterocycles. The maximum Gasteiger partial charge on any atom is 0.339 e. The van der Waals surface area contributed by atoms with E-state index >= 15 is 0 Å². The summed E-state index contributed by atoms with van der Waals surface area (Å²) < 4.78 is 5.71. The number of fused-ring (bicyclic) bond motifs is 1. The standard InChI is InChI=1S/C21H19N3O3/c25-20(26)18-12-22-21(23-19(18)14-27-17-8-2-1-3-9-17)24-11-10-15-6-4-5-7-16(15)13-24/h1-9,12H,10-11,13-14H2,(H,25,26). The van der Waals surface area contributed by atoms with Gasteiger partial charge in [-0.15, -0.1) is 0 Å². The average molecular weight is 361 g/mol. The molecule has 27 heavy (non-hydrogen) atoms. The van der Waals surface area contributed by atoms with Gasteiger partial charge in [-0.25, -0.2) is 14.8 Å². The fourth-order valence-corrected chi connectivity index (χ4v) is 3.18. The first-order valence-electron chi connectivity index (χ1n) is 8.79. The first kappa shape index (κ1) is 17.0. The molecule has 0 fully saturated rings. The molecule has 136 valence electrons. The maximum atomic E-state index is 11.5. The Hall–Kier alpha value is -3.41. The summed E-state index contributed by atoms with van der Waals surface area (Å²) in [5.41, 5.74) is 3.02. The van der Waals surface area contributed by atoms with Crippen molar-refractivity contribution in [3.05, 3.63) is 83.2 Å². The van der Waals surface area contributed by atoms with Gasteiger partial charge in [-0.3, -0.25) is 0 Å². The van der Waals surface area contributed by atoms with E-state index in [-0.39, 0.29) is 12.2 Å². The van der Waals surface area contributed by atoms with Crippen LogP contribution < -0.4 is 9.64 Å². The second-order valence-electron chi connectivity index (χ2n) is 6.38. The van der Waals surface area contributed by atoms with Gasteiger partial charge < -0.3 is 14.7 Å². The van der Waals surface area contributed by atoms with E-state index in [2.05, 4.69) is 27.0 Å². The average Bonchev–Trinajstić information content (AvgIpc) is 2.72. The Morgan fingerprint density at radius 3 is 2.59 bits per heavy atom. The molecular weight excluding hydrogens is 342 g/mol. The summed E-state index contributed by atoms with van der Waals surface area (Å²) in [6.07, 6.45) is 2.28. The lowest BCUT2D eigenvalue weighted by Gasteiger charge is -2.29. The number of benzene rings is 2. The van der Waals surface area contributed by atoms with Crippen LogP contribution in [0.25, 0.3) is 0 Å². The van der Waals surface area contributed by atoms with Crippen molar-refractivity contribution in [2.75, 3.05) is 11.4 Å². The Labute approximate surface area is 157 Å². The van der Waals surface area contributed by atoms with Gasteiger partial charge in [0.1, 0.15) is 17.9 Å². The SMILES string of the molecule is O=C(O)c1cnc(N2CCc3ccccc3C2)nc1COc1ccccc1. The van der Waals surface area contributed by atoms with Crippen molar-refractivity contribution in [3.8, 4) is 5.75 Å². The molecule has 2 aromatic carbocycles. The second-order valence-corrected chi connectivity index (χ2v) is 6.38. The number of nitrogens with zero attached hydrogens (tertiary/aromatic N) is 3. The van der Waals surface area contributed by atoms with Crippen LogP contribution in [-0.4, -0.2) is 27.6 Å². The van der Waals surface area contributed by atoms with Gasteiger partial charge in [0, 0.05) is 19.3 Å². The Bertz CT molecular complexity index is 960. The molecule has 6 nitrogen and oxygen atoms in total. The molecule has 1 aromatic heterocycles. The zero-order valence-electron chi connectivity index (χ0n) is 14.7. The lowest BCUT2D eigenvalue weighted by Crippen LogP contribution is -2.32. The van der Waals surface area contributed by atoms with Crippen LogP contribution in [0.1, 0.15) is 27.2 Å². The Morgan fingerprint density at radius 1 is 1.07 bits per heavy atom. The van der Waals surface area contributed by atoms with Crippen LogP contribution in [0, 0.1) is 0 Å². The van der Waals surface area contributed by atoms with Crippen LogP contribution in [0.4, 0.5) is 5.95 Å². The predicted octanol–water partition coefficient (Wildman–Crippen LogP) is 3.32. The number of ether oxygens (including phenoxy) is 1. The topological polar surface area (TPSA) is 75.5 Å². The summed E-state index contributed by atoms with van der Waals surface area (Å²) in [5, 5.41) is 9.45. The molecule has 0 saturated heterocycles. The summed E-state index contributed by atoms with van der Waals surface area (Å²) in [5.74, 6) is 0.138. The highest BCUT2D eigenvalue weighted by molar-refractivity contribution is 5.88. The van der Waals surface area contributed by atoms with Crippen molar-refractivity contribution in [3.63, 3.8) is 0 Å². The monoisotopic (exact) mass is 361 g/mol. The van der Waals surface area contributed by atoms with E-state index in [1.165, 1.54) is 17.3 Å². The highest BCUT2D eigenvalue weighted by Crippen LogP contribution is 2.23. The minimum absolute atomic E-state index is 0.0621. The number of hydrogen-bond donors (Lipinski definition) is 1. The third-order valence-corrected chi connectivity index (χ3v) is 4.62. The molecule has 6 heteroatoms. The maximum absolute atomic E-state index is 11.5. The quantitative estimate of drug-likeness (QED) is 0.751. The first-order chi connectivity index (χ1) is 13.2. The highest BCUT2D eigenvalue weighted by atomic mass is 16.5.